The molecule has 3 aromatic rings. The lowest BCUT2D eigenvalue weighted by Crippen LogP contribution is -2.10. The lowest BCUT2D eigenvalue weighted by Gasteiger charge is -2.15. The molecule has 0 aliphatic carbocycles. The van der Waals surface area contributed by atoms with Crippen LogP contribution in [0.2, 0.25) is 0 Å². The van der Waals surface area contributed by atoms with E-state index in [1.54, 1.807) is 31.2 Å². The second-order valence-electron chi connectivity index (χ2n) is 6.17. The summed E-state index contributed by atoms with van der Waals surface area (Å²) in [6.45, 7) is 6.55. The van der Waals surface area contributed by atoms with Gasteiger partial charge in [0.15, 0.2) is 17.0 Å². The van der Waals surface area contributed by atoms with E-state index in [4.69, 9.17) is 15.0 Å². The predicted octanol–water partition coefficient (Wildman–Crippen LogP) is 3.60. The van der Waals surface area contributed by atoms with Crippen molar-refractivity contribution in [2.45, 2.75) is 14.0 Å². The number of imidazole rings is 1. The van der Waals surface area contributed by atoms with E-state index in [2.05, 4.69) is 26.8 Å². The number of anilines is 2. The zero-order valence-electron chi connectivity index (χ0n) is 15.6. The number of rotatable bonds is 10. The minimum Gasteiger partial charge on any atom is -0.441 e. The quantitative estimate of drug-likeness (QED) is 0.291. The predicted molar refractivity (Wildman–Crippen MR) is 117 cm³/mol. The van der Waals surface area contributed by atoms with Crippen LogP contribution in [0.1, 0.15) is 7.43 Å². The molecule has 3 N–H and O–H groups in total. The largest absolute Gasteiger partial charge is 0.441 e. The SMILES string of the molecule is C.C=CCNc1nc(N)nc2c1ncn2CCOCP(C)(=O)Oc1ccccc1. The number of benzene rings is 1. The van der Waals surface area contributed by atoms with Crippen molar-refractivity contribution in [3.05, 3.63) is 49.3 Å². The Labute approximate surface area is 170 Å². The minimum absolute atomic E-state index is 0. The first-order valence-electron chi connectivity index (χ1n) is 8.70. The van der Waals surface area contributed by atoms with Gasteiger partial charge in [0.1, 0.15) is 12.1 Å². The summed E-state index contributed by atoms with van der Waals surface area (Å²) in [6.07, 6.45) is 3.38. The monoisotopic (exact) mass is 418 g/mol. The molecule has 0 amide bonds. The molecule has 9 nitrogen and oxygen atoms in total. The number of hydrogen-bond acceptors (Lipinski definition) is 8. The van der Waals surface area contributed by atoms with Crippen LogP contribution in [0, 0.1) is 0 Å². The van der Waals surface area contributed by atoms with Gasteiger partial charge in [-0.15, -0.1) is 6.58 Å². The third-order valence-corrected chi connectivity index (χ3v) is 4.99. The van der Waals surface area contributed by atoms with Crippen molar-refractivity contribution < 1.29 is 13.8 Å². The van der Waals surface area contributed by atoms with Gasteiger partial charge >= 0.3 is 0 Å². The van der Waals surface area contributed by atoms with Crippen molar-refractivity contribution in [3.8, 4) is 5.75 Å². The fourth-order valence-corrected chi connectivity index (χ4v) is 3.62. The number of nitrogens with two attached hydrogens (primary N) is 1. The maximum atomic E-state index is 12.5. The highest BCUT2D eigenvalue weighted by atomic mass is 31.2. The molecule has 1 aromatic carbocycles. The number of hydrogen-bond donors (Lipinski definition) is 2. The molecule has 0 radical (unpaired) electrons. The van der Waals surface area contributed by atoms with Gasteiger partial charge in [-0.05, 0) is 12.1 Å². The van der Waals surface area contributed by atoms with Crippen molar-refractivity contribution in [3.63, 3.8) is 0 Å². The van der Waals surface area contributed by atoms with Gasteiger partial charge in [0.05, 0.1) is 12.9 Å². The Morgan fingerprint density at radius 3 is 2.79 bits per heavy atom. The number of fused-ring (bicyclic) bond motifs is 1. The van der Waals surface area contributed by atoms with Crippen LogP contribution < -0.4 is 15.6 Å². The lowest BCUT2D eigenvalue weighted by molar-refractivity contribution is 0.161. The molecule has 0 aliphatic rings. The number of aromatic nitrogens is 4. The van der Waals surface area contributed by atoms with Crippen molar-refractivity contribution in [1.29, 1.82) is 0 Å². The Morgan fingerprint density at radius 1 is 1.31 bits per heavy atom. The fraction of sp³-hybridized carbons (Fsp3) is 0.316. The van der Waals surface area contributed by atoms with Crippen LogP contribution >= 0.6 is 7.37 Å². The van der Waals surface area contributed by atoms with Crippen LogP contribution in [-0.4, -0.2) is 45.7 Å². The van der Waals surface area contributed by atoms with Crippen molar-refractivity contribution in [2.75, 3.05) is 37.2 Å². The van der Waals surface area contributed by atoms with Crippen LogP contribution in [0.5, 0.6) is 5.75 Å². The molecule has 0 bridgehead atoms. The average molecular weight is 418 g/mol. The first-order chi connectivity index (χ1) is 13.5. The second kappa shape index (κ2) is 10.0. The standard InChI is InChI=1S/C18H23N6O3P.CH4/c1-3-9-20-16-15-17(23-18(19)22-16)24(12-21-15)10-11-26-13-28(2,25)27-14-7-5-4-6-8-14;/h3-8,12H,1,9-11,13H2,2H3,(H3,19,20,22,23);1H4. The van der Waals surface area contributed by atoms with E-state index in [0.29, 0.717) is 42.4 Å². The molecule has 0 saturated carbocycles. The summed E-state index contributed by atoms with van der Waals surface area (Å²) >= 11 is 0. The van der Waals surface area contributed by atoms with Crippen LogP contribution in [0.25, 0.3) is 11.2 Å². The van der Waals surface area contributed by atoms with E-state index in [0.717, 1.165) is 0 Å². The second-order valence-corrected chi connectivity index (χ2v) is 8.63. The van der Waals surface area contributed by atoms with Crippen molar-refractivity contribution >= 4 is 30.3 Å². The molecule has 0 saturated heterocycles. The molecular formula is C19H27N6O3P. The van der Waals surface area contributed by atoms with Gasteiger partial charge in [-0.25, -0.2) is 4.98 Å². The molecule has 29 heavy (non-hydrogen) atoms. The average Bonchev–Trinajstić information content (AvgIpc) is 3.06. The van der Waals surface area contributed by atoms with E-state index in [1.807, 2.05) is 22.8 Å². The van der Waals surface area contributed by atoms with Gasteiger partial charge in [0.25, 0.3) is 7.37 Å². The molecule has 0 aliphatic heterocycles. The van der Waals surface area contributed by atoms with E-state index < -0.39 is 7.37 Å². The molecule has 1 unspecified atom stereocenters. The third-order valence-electron chi connectivity index (χ3n) is 3.74. The smallest absolute Gasteiger partial charge is 0.269 e. The summed E-state index contributed by atoms with van der Waals surface area (Å²) in [5.41, 5.74) is 7.01. The first-order valence-corrected chi connectivity index (χ1v) is 11.0. The molecule has 0 spiro atoms. The van der Waals surface area contributed by atoms with E-state index >= 15 is 0 Å². The summed E-state index contributed by atoms with van der Waals surface area (Å²) in [6, 6.07) is 9.04. The third kappa shape index (κ3) is 6.04. The Kier molecular flexibility index (Phi) is 7.75. The minimum atomic E-state index is -2.91. The Morgan fingerprint density at radius 2 is 2.07 bits per heavy atom. The number of nitrogens with zero attached hydrogens (tertiary/aromatic N) is 4. The zero-order chi connectivity index (χ0) is 20.0. The number of para-hydroxylation sites is 1. The Balaban J connectivity index is 0.00000300. The van der Waals surface area contributed by atoms with Crippen LogP contribution in [0.4, 0.5) is 11.8 Å². The highest BCUT2D eigenvalue weighted by Gasteiger charge is 2.18. The number of nitrogens with one attached hydrogen (secondary N) is 1. The van der Waals surface area contributed by atoms with Gasteiger partial charge in [0, 0.05) is 19.8 Å². The number of nitrogen functional groups attached to an aromatic ring is 1. The summed E-state index contributed by atoms with van der Waals surface area (Å²) in [5, 5.41) is 3.09. The highest BCUT2D eigenvalue weighted by molar-refractivity contribution is 7.58. The summed E-state index contributed by atoms with van der Waals surface area (Å²) in [7, 11) is -2.91. The van der Waals surface area contributed by atoms with Gasteiger partial charge in [-0.2, -0.15) is 9.97 Å². The van der Waals surface area contributed by atoms with Crippen molar-refractivity contribution in [2.24, 2.45) is 0 Å². The normalized spacial score (nSPS) is 12.7. The maximum absolute atomic E-state index is 12.5. The van der Waals surface area contributed by atoms with Crippen LogP contribution in [-0.2, 0) is 15.8 Å². The van der Waals surface area contributed by atoms with Gasteiger partial charge < -0.3 is 24.9 Å². The molecule has 1 atom stereocenters. The van der Waals surface area contributed by atoms with Crippen LogP contribution in [0.3, 0.4) is 0 Å². The molecule has 0 fully saturated rings. The van der Waals surface area contributed by atoms with Gasteiger partial charge in [0.2, 0.25) is 5.95 Å². The van der Waals surface area contributed by atoms with Gasteiger partial charge in [-0.1, -0.05) is 31.7 Å². The molecule has 2 heterocycles. The van der Waals surface area contributed by atoms with Gasteiger partial charge in [-0.3, -0.25) is 4.57 Å². The summed E-state index contributed by atoms with van der Waals surface area (Å²) in [5.74, 6) is 1.26. The molecule has 156 valence electrons. The maximum Gasteiger partial charge on any atom is 0.269 e. The summed E-state index contributed by atoms with van der Waals surface area (Å²) < 4.78 is 25.5. The Hall–Kier alpha value is -2.90. The molecule has 2 aromatic heterocycles. The fourth-order valence-electron chi connectivity index (χ4n) is 2.54. The first kappa shape index (κ1) is 22.4. The topological polar surface area (TPSA) is 117 Å². The summed E-state index contributed by atoms with van der Waals surface area (Å²) in [4.78, 5) is 12.8. The lowest BCUT2D eigenvalue weighted by atomic mass is 10.3. The zero-order valence-corrected chi connectivity index (χ0v) is 16.5. The molecule has 10 heteroatoms. The van der Waals surface area contributed by atoms with Crippen molar-refractivity contribution in [1.82, 2.24) is 19.5 Å². The number of ether oxygens (including phenoxy) is 1. The van der Waals surface area contributed by atoms with E-state index in [1.165, 1.54) is 0 Å². The molecular weight excluding hydrogens is 391 g/mol. The van der Waals surface area contributed by atoms with E-state index in [9.17, 15) is 4.57 Å². The van der Waals surface area contributed by atoms with E-state index in [-0.39, 0.29) is 19.7 Å². The highest BCUT2D eigenvalue weighted by Crippen LogP contribution is 2.42. The Bertz CT molecular complexity index is 992. The van der Waals surface area contributed by atoms with Crippen LogP contribution in [0.15, 0.2) is 49.3 Å². The molecule has 3 rings (SSSR count).